The summed E-state index contributed by atoms with van der Waals surface area (Å²) < 4.78 is 1.57. The van der Waals surface area contributed by atoms with Crippen molar-refractivity contribution in [2.45, 2.75) is 26.9 Å². The fourth-order valence-corrected chi connectivity index (χ4v) is 1.99. The minimum absolute atomic E-state index is 0.103. The molecule has 0 radical (unpaired) electrons. The third-order valence-electron chi connectivity index (χ3n) is 2.62. The van der Waals surface area contributed by atoms with Gasteiger partial charge in [-0.3, -0.25) is 0 Å². The van der Waals surface area contributed by atoms with Crippen molar-refractivity contribution in [3.05, 3.63) is 40.3 Å². The van der Waals surface area contributed by atoms with Crippen LogP contribution >= 0.6 is 11.6 Å². The van der Waals surface area contributed by atoms with E-state index in [1.54, 1.807) is 10.9 Å². The number of aryl methyl sites for hydroxylation is 2. The summed E-state index contributed by atoms with van der Waals surface area (Å²) in [5, 5.41) is 14.1. The average Bonchev–Trinajstić information content (AvgIpc) is 2.65. The van der Waals surface area contributed by atoms with Crippen molar-refractivity contribution in [3.8, 4) is 5.82 Å². The Morgan fingerprint density at radius 2 is 2.24 bits per heavy atom. The smallest absolute Gasteiger partial charge is 0.155 e. The van der Waals surface area contributed by atoms with E-state index in [1.165, 1.54) is 0 Å². The monoisotopic (exact) mass is 251 g/mol. The van der Waals surface area contributed by atoms with Crippen LogP contribution in [0.15, 0.2) is 18.3 Å². The van der Waals surface area contributed by atoms with Crippen molar-refractivity contribution in [2.75, 3.05) is 0 Å². The van der Waals surface area contributed by atoms with Crippen molar-refractivity contribution in [1.29, 1.82) is 0 Å². The lowest BCUT2D eigenvalue weighted by molar-refractivity contribution is 0.281. The Hall–Kier alpha value is -1.39. The molecule has 0 bridgehead atoms. The number of halogens is 1. The van der Waals surface area contributed by atoms with Gasteiger partial charge in [0.25, 0.3) is 0 Å². The van der Waals surface area contributed by atoms with E-state index in [0.717, 1.165) is 17.7 Å². The van der Waals surface area contributed by atoms with E-state index >= 15 is 0 Å². The topological polar surface area (TPSA) is 50.9 Å². The van der Waals surface area contributed by atoms with Crippen LogP contribution in [0.1, 0.15) is 23.7 Å². The van der Waals surface area contributed by atoms with Gasteiger partial charge >= 0.3 is 0 Å². The zero-order valence-electron chi connectivity index (χ0n) is 9.81. The maximum absolute atomic E-state index is 9.29. The van der Waals surface area contributed by atoms with Gasteiger partial charge in [-0.05, 0) is 31.0 Å². The van der Waals surface area contributed by atoms with Gasteiger partial charge in [0.15, 0.2) is 5.82 Å². The molecular formula is C12H14ClN3O. The molecular weight excluding hydrogens is 238 g/mol. The average molecular weight is 252 g/mol. The molecule has 0 aliphatic rings. The molecule has 1 N–H and O–H groups in total. The standard InChI is InChI=1S/C12H14ClN3O/c1-3-10-9(7-17)12(13)16(15-10)11-6-8(2)4-5-14-11/h4-6,17H,3,7H2,1-2H3. The van der Waals surface area contributed by atoms with Crippen molar-refractivity contribution < 1.29 is 5.11 Å². The summed E-state index contributed by atoms with van der Waals surface area (Å²) >= 11 is 6.20. The molecule has 5 heteroatoms. The van der Waals surface area contributed by atoms with Crippen LogP contribution in [0.2, 0.25) is 5.15 Å². The normalized spacial score (nSPS) is 10.8. The van der Waals surface area contributed by atoms with E-state index in [4.69, 9.17) is 11.6 Å². The number of pyridine rings is 1. The molecule has 0 fully saturated rings. The summed E-state index contributed by atoms with van der Waals surface area (Å²) in [6.07, 6.45) is 2.45. The molecule has 0 amide bonds. The van der Waals surface area contributed by atoms with Crippen molar-refractivity contribution in [3.63, 3.8) is 0 Å². The number of nitrogens with zero attached hydrogens (tertiary/aromatic N) is 3. The van der Waals surface area contributed by atoms with E-state index in [2.05, 4.69) is 10.1 Å². The van der Waals surface area contributed by atoms with E-state index in [9.17, 15) is 5.11 Å². The highest BCUT2D eigenvalue weighted by Crippen LogP contribution is 2.23. The van der Waals surface area contributed by atoms with Crippen LogP contribution in [0.25, 0.3) is 5.82 Å². The number of rotatable bonds is 3. The molecule has 2 aromatic heterocycles. The van der Waals surface area contributed by atoms with Crippen molar-refractivity contribution in [1.82, 2.24) is 14.8 Å². The van der Waals surface area contributed by atoms with Crippen LogP contribution in [-0.4, -0.2) is 19.9 Å². The summed E-state index contributed by atoms with van der Waals surface area (Å²) in [5.41, 5.74) is 2.57. The molecule has 90 valence electrons. The lowest BCUT2D eigenvalue weighted by atomic mass is 10.2. The predicted octanol–water partition coefficient (Wildman–Crippen LogP) is 2.28. The minimum Gasteiger partial charge on any atom is -0.391 e. The quantitative estimate of drug-likeness (QED) is 0.911. The zero-order valence-corrected chi connectivity index (χ0v) is 10.6. The molecule has 0 spiro atoms. The van der Waals surface area contributed by atoms with Crippen molar-refractivity contribution >= 4 is 11.6 Å². The van der Waals surface area contributed by atoms with E-state index in [1.807, 2.05) is 26.0 Å². The molecule has 0 atom stereocenters. The number of hydrogen-bond donors (Lipinski definition) is 1. The second-order valence-corrected chi connectivity index (χ2v) is 4.19. The number of aromatic nitrogens is 3. The zero-order chi connectivity index (χ0) is 12.4. The SMILES string of the molecule is CCc1nn(-c2cc(C)ccn2)c(Cl)c1CO. The Kier molecular flexibility index (Phi) is 3.45. The van der Waals surface area contributed by atoms with E-state index < -0.39 is 0 Å². The highest BCUT2D eigenvalue weighted by Gasteiger charge is 2.15. The van der Waals surface area contributed by atoms with Gasteiger partial charge in [-0.1, -0.05) is 18.5 Å². The second-order valence-electron chi connectivity index (χ2n) is 3.83. The Morgan fingerprint density at radius 3 is 2.76 bits per heavy atom. The Bertz CT molecular complexity index is 537. The van der Waals surface area contributed by atoms with E-state index in [-0.39, 0.29) is 6.61 Å². The van der Waals surface area contributed by atoms with Crippen LogP contribution in [0.3, 0.4) is 0 Å². The van der Waals surface area contributed by atoms with Crippen molar-refractivity contribution in [2.24, 2.45) is 0 Å². The second kappa shape index (κ2) is 4.85. The van der Waals surface area contributed by atoms with Crippen LogP contribution in [0.5, 0.6) is 0 Å². The lowest BCUT2D eigenvalue weighted by Gasteiger charge is -2.02. The molecule has 0 aromatic carbocycles. The summed E-state index contributed by atoms with van der Waals surface area (Å²) in [5.74, 6) is 0.671. The minimum atomic E-state index is -0.103. The first-order valence-corrected chi connectivity index (χ1v) is 5.85. The first-order chi connectivity index (χ1) is 8.17. The molecule has 0 saturated heterocycles. The lowest BCUT2D eigenvalue weighted by Crippen LogP contribution is -2.00. The van der Waals surface area contributed by atoms with Gasteiger partial charge < -0.3 is 5.11 Å². The largest absolute Gasteiger partial charge is 0.391 e. The van der Waals surface area contributed by atoms with Gasteiger partial charge in [0.1, 0.15) is 5.15 Å². The third kappa shape index (κ3) is 2.18. The van der Waals surface area contributed by atoms with Gasteiger partial charge in [0.2, 0.25) is 0 Å². The Morgan fingerprint density at radius 1 is 1.47 bits per heavy atom. The molecule has 0 saturated carbocycles. The van der Waals surface area contributed by atoms with E-state index in [0.29, 0.717) is 16.5 Å². The number of aliphatic hydroxyl groups excluding tert-OH is 1. The molecule has 0 aliphatic carbocycles. The number of hydrogen-bond acceptors (Lipinski definition) is 3. The first-order valence-electron chi connectivity index (χ1n) is 5.47. The molecule has 4 nitrogen and oxygen atoms in total. The molecule has 17 heavy (non-hydrogen) atoms. The summed E-state index contributed by atoms with van der Waals surface area (Å²) in [6.45, 7) is 3.86. The van der Waals surface area contributed by atoms with Gasteiger partial charge in [-0.2, -0.15) is 5.10 Å². The molecule has 2 heterocycles. The summed E-state index contributed by atoms with van der Waals surface area (Å²) in [6, 6.07) is 3.81. The Labute approximate surface area is 105 Å². The molecule has 2 aromatic rings. The Balaban J connectivity index is 2.56. The van der Waals surface area contributed by atoms with Crippen LogP contribution in [0.4, 0.5) is 0 Å². The molecule has 2 rings (SSSR count). The van der Waals surface area contributed by atoms with Crippen LogP contribution in [0, 0.1) is 6.92 Å². The predicted molar refractivity (Wildman–Crippen MR) is 66.4 cm³/mol. The maximum Gasteiger partial charge on any atom is 0.155 e. The summed E-state index contributed by atoms with van der Waals surface area (Å²) in [7, 11) is 0. The fraction of sp³-hybridized carbons (Fsp3) is 0.333. The molecule has 0 aliphatic heterocycles. The maximum atomic E-state index is 9.29. The number of aliphatic hydroxyl groups is 1. The van der Waals surface area contributed by atoms with Crippen LogP contribution < -0.4 is 0 Å². The third-order valence-corrected chi connectivity index (χ3v) is 3.00. The van der Waals surface area contributed by atoms with Crippen LogP contribution in [-0.2, 0) is 13.0 Å². The fourth-order valence-electron chi connectivity index (χ4n) is 1.70. The van der Waals surface area contributed by atoms with Gasteiger partial charge in [0, 0.05) is 11.8 Å². The van der Waals surface area contributed by atoms with Gasteiger partial charge in [-0.25, -0.2) is 9.67 Å². The van der Waals surface area contributed by atoms with Gasteiger partial charge in [-0.15, -0.1) is 0 Å². The highest BCUT2D eigenvalue weighted by molar-refractivity contribution is 6.30. The molecule has 0 unspecified atom stereocenters. The van der Waals surface area contributed by atoms with Gasteiger partial charge in [0.05, 0.1) is 12.3 Å². The highest BCUT2D eigenvalue weighted by atomic mass is 35.5. The summed E-state index contributed by atoms with van der Waals surface area (Å²) in [4.78, 5) is 4.23. The first kappa shape index (κ1) is 12.1.